The van der Waals surface area contributed by atoms with Gasteiger partial charge in [-0.15, -0.1) is 0 Å². The zero-order valence-corrected chi connectivity index (χ0v) is 37.2. The van der Waals surface area contributed by atoms with Gasteiger partial charge >= 0.3 is 0 Å². The summed E-state index contributed by atoms with van der Waals surface area (Å²) in [5.41, 5.74) is 19.1. The first-order valence-electron chi connectivity index (χ1n) is 22.5. The molecule has 0 atom stereocenters. The maximum atomic E-state index is 6.65. The molecule has 0 amide bonds. The van der Waals surface area contributed by atoms with E-state index in [-0.39, 0.29) is 0 Å². The second-order valence-corrected chi connectivity index (χ2v) is 17.6. The van der Waals surface area contributed by atoms with Gasteiger partial charge in [-0.1, -0.05) is 186 Å². The molecule has 0 fully saturated rings. The molecule has 0 radical (unpaired) electrons. The van der Waals surface area contributed by atoms with Crippen LogP contribution in [-0.4, -0.2) is 19.5 Å². The highest BCUT2D eigenvalue weighted by Gasteiger charge is 2.23. The summed E-state index contributed by atoms with van der Waals surface area (Å²) in [4.78, 5) is 15.9. The normalized spacial score (nSPS) is 11.6. The van der Waals surface area contributed by atoms with Gasteiger partial charge in [-0.2, -0.15) is 0 Å². The van der Waals surface area contributed by atoms with E-state index in [9.17, 15) is 0 Å². The van der Waals surface area contributed by atoms with Gasteiger partial charge in [0, 0.05) is 43.8 Å². The van der Waals surface area contributed by atoms with Gasteiger partial charge < -0.3 is 8.98 Å². The van der Waals surface area contributed by atoms with E-state index < -0.39 is 0 Å². The van der Waals surface area contributed by atoms with Crippen LogP contribution >= 0.6 is 0 Å². The zero-order valence-electron chi connectivity index (χ0n) is 37.2. The van der Waals surface area contributed by atoms with Crippen LogP contribution in [0.3, 0.4) is 0 Å². The Balaban J connectivity index is 1.19. The standard InChI is InChI=1S/C61H44N4O/c1-37-28-38(2)31-46(30-37)43-22-25-49-50-26-23-44(47-32-39(3)29-40(4)33-47)36-56(50)65(55(49)35-43)54-27-24-45(48-19-13-20-52-51-18-11-12-21-57(51)66-58(48)52)34-53(54)61-63-59(41-14-7-5-8-15-41)62-60(64-61)42-16-9-6-10-17-42/h5-36H,1-4H3. The van der Waals surface area contributed by atoms with Crippen molar-refractivity contribution >= 4 is 43.7 Å². The highest BCUT2D eigenvalue weighted by atomic mass is 16.3. The van der Waals surface area contributed by atoms with Crippen LogP contribution in [0.4, 0.5) is 0 Å². The highest BCUT2D eigenvalue weighted by Crippen LogP contribution is 2.43. The Morgan fingerprint density at radius 1 is 0.333 bits per heavy atom. The van der Waals surface area contributed by atoms with Crippen LogP contribution in [0.25, 0.3) is 117 Å². The van der Waals surface area contributed by atoms with E-state index in [0.717, 1.165) is 88.4 Å². The van der Waals surface area contributed by atoms with Gasteiger partial charge in [-0.3, -0.25) is 0 Å². The molecule has 0 unspecified atom stereocenters. The number of benzene rings is 9. The van der Waals surface area contributed by atoms with Crippen molar-refractivity contribution in [1.29, 1.82) is 0 Å². The molecule has 3 aromatic heterocycles. The van der Waals surface area contributed by atoms with Crippen LogP contribution in [0.15, 0.2) is 199 Å². The lowest BCUT2D eigenvalue weighted by Gasteiger charge is -2.17. The average Bonchev–Trinajstić information content (AvgIpc) is 3.89. The van der Waals surface area contributed by atoms with Gasteiger partial charge in [-0.05, 0) is 85.8 Å². The van der Waals surface area contributed by atoms with E-state index in [2.05, 4.69) is 178 Å². The van der Waals surface area contributed by atoms with Crippen molar-refractivity contribution < 1.29 is 4.42 Å². The summed E-state index contributed by atoms with van der Waals surface area (Å²) in [6.45, 7) is 8.68. The van der Waals surface area contributed by atoms with Gasteiger partial charge in [0.25, 0.3) is 0 Å². The zero-order chi connectivity index (χ0) is 44.5. The van der Waals surface area contributed by atoms with Crippen LogP contribution in [-0.2, 0) is 0 Å². The van der Waals surface area contributed by atoms with Crippen LogP contribution < -0.4 is 0 Å². The molecule has 314 valence electrons. The van der Waals surface area contributed by atoms with Crippen molar-refractivity contribution in [1.82, 2.24) is 19.5 Å². The number of para-hydroxylation sites is 2. The lowest BCUT2D eigenvalue weighted by atomic mass is 9.98. The van der Waals surface area contributed by atoms with Crippen LogP contribution in [0.2, 0.25) is 0 Å². The van der Waals surface area contributed by atoms with Gasteiger partial charge in [0.2, 0.25) is 0 Å². The molecule has 9 aromatic carbocycles. The van der Waals surface area contributed by atoms with Crippen molar-refractivity contribution in [3.63, 3.8) is 0 Å². The Hall–Kier alpha value is -8.41. The van der Waals surface area contributed by atoms with Crippen molar-refractivity contribution in [2.75, 3.05) is 0 Å². The summed E-state index contributed by atoms with van der Waals surface area (Å²) in [6.07, 6.45) is 0. The molecule has 0 aliphatic rings. The van der Waals surface area contributed by atoms with Crippen molar-refractivity contribution in [3.8, 4) is 73.2 Å². The smallest absolute Gasteiger partial charge is 0.166 e. The fourth-order valence-corrected chi connectivity index (χ4v) is 9.90. The fraction of sp³-hybridized carbons (Fsp3) is 0.0656. The van der Waals surface area contributed by atoms with Gasteiger partial charge in [0.15, 0.2) is 17.5 Å². The predicted molar refractivity (Wildman–Crippen MR) is 273 cm³/mol. The molecular weight excluding hydrogens is 805 g/mol. The summed E-state index contributed by atoms with van der Waals surface area (Å²) in [6, 6.07) is 69.1. The second kappa shape index (κ2) is 15.7. The first-order valence-corrected chi connectivity index (χ1v) is 22.5. The van der Waals surface area contributed by atoms with Crippen LogP contribution in [0.1, 0.15) is 22.3 Å². The summed E-state index contributed by atoms with van der Waals surface area (Å²) in [5, 5.41) is 4.50. The maximum Gasteiger partial charge on any atom is 0.166 e. The molecular formula is C61H44N4O. The number of aryl methyl sites for hydroxylation is 4. The lowest BCUT2D eigenvalue weighted by molar-refractivity contribution is 0.670. The van der Waals surface area contributed by atoms with E-state index >= 15 is 0 Å². The fourth-order valence-electron chi connectivity index (χ4n) is 9.90. The third-order valence-corrected chi connectivity index (χ3v) is 12.8. The minimum Gasteiger partial charge on any atom is -0.455 e. The maximum absolute atomic E-state index is 6.65. The van der Waals surface area contributed by atoms with Crippen molar-refractivity contribution in [3.05, 3.63) is 216 Å². The Morgan fingerprint density at radius 3 is 1.41 bits per heavy atom. The minimum atomic E-state index is 0.572. The van der Waals surface area contributed by atoms with Gasteiger partial charge in [-0.25, -0.2) is 15.0 Å². The molecule has 0 saturated heterocycles. The van der Waals surface area contributed by atoms with E-state index in [1.54, 1.807) is 0 Å². The second-order valence-electron chi connectivity index (χ2n) is 17.6. The first kappa shape index (κ1) is 39.2. The average molecular weight is 849 g/mol. The Morgan fingerprint density at radius 2 is 0.833 bits per heavy atom. The summed E-state index contributed by atoms with van der Waals surface area (Å²) in [7, 11) is 0. The molecule has 5 heteroatoms. The Bertz CT molecular complexity index is 3650. The number of rotatable bonds is 7. The topological polar surface area (TPSA) is 56.7 Å². The quantitative estimate of drug-likeness (QED) is 0.160. The largest absolute Gasteiger partial charge is 0.455 e. The molecule has 12 aromatic rings. The molecule has 0 bridgehead atoms. The molecule has 0 saturated carbocycles. The molecule has 66 heavy (non-hydrogen) atoms. The monoisotopic (exact) mass is 848 g/mol. The Kier molecular flexibility index (Phi) is 9.32. The molecule has 12 rings (SSSR count). The number of fused-ring (bicyclic) bond motifs is 6. The van der Waals surface area contributed by atoms with E-state index in [0.29, 0.717) is 17.5 Å². The summed E-state index contributed by atoms with van der Waals surface area (Å²) >= 11 is 0. The molecule has 0 spiro atoms. The summed E-state index contributed by atoms with van der Waals surface area (Å²) < 4.78 is 9.08. The molecule has 0 N–H and O–H groups in total. The molecule has 0 aliphatic carbocycles. The number of nitrogens with zero attached hydrogens (tertiary/aromatic N) is 4. The predicted octanol–water partition coefficient (Wildman–Crippen LogP) is 16.1. The Labute approximate surface area is 383 Å². The third kappa shape index (κ3) is 6.84. The summed E-state index contributed by atoms with van der Waals surface area (Å²) in [5.74, 6) is 1.78. The number of furan rings is 1. The highest BCUT2D eigenvalue weighted by molar-refractivity contribution is 6.12. The molecule has 5 nitrogen and oxygen atoms in total. The van der Waals surface area contributed by atoms with E-state index in [1.807, 2.05) is 48.5 Å². The van der Waals surface area contributed by atoms with Gasteiger partial charge in [0.1, 0.15) is 11.2 Å². The van der Waals surface area contributed by atoms with Gasteiger partial charge in [0.05, 0.1) is 16.7 Å². The number of hydrogen-bond donors (Lipinski definition) is 0. The van der Waals surface area contributed by atoms with E-state index in [1.165, 1.54) is 33.4 Å². The van der Waals surface area contributed by atoms with Crippen molar-refractivity contribution in [2.45, 2.75) is 27.7 Å². The molecule has 0 aliphatic heterocycles. The SMILES string of the molecule is Cc1cc(C)cc(-c2ccc3c4ccc(-c5cc(C)cc(C)c5)cc4n(-c4ccc(-c5cccc6c5oc5ccccc56)cc4-c4nc(-c5ccccc5)nc(-c5ccccc5)n4)c3c2)c1. The lowest BCUT2D eigenvalue weighted by Crippen LogP contribution is -2.04. The number of aromatic nitrogens is 4. The van der Waals surface area contributed by atoms with E-state index in [4.69, 9.17) is 19.4 Å². The number of hydrogen-bond acceptors (Lipinski definition) is 4. The van der Waals surface area contributed by atoms with Crippen LogP contribution in [0.5, 0.6) is 0 Å². The van der Waals surface area contributed by atoms with Crippen molar-refractivity contribution in [2.24, 2.45) is 0 Å². The first-order chi connectivity index (χ1) is 32.3. The third-order valence-electron chi connectivity index (χ3n) is 12.8. The van der Waals surface area contributed by atoms with Crippen LogP contribution in [0, 0.1) is 27.7 Å². The minimum absolute atomic E-state index is 0.572. The molecule has 3 heterocycles.